The quantitative estimate of drug-likeness (QED) is 0.435. The SMILES string of the molecule is Cc1ccc(C(=O)COC(=O)c2ccc(OCc3ccccc3)cc2)c(C)c1. The summed E-state index contributed by atoms with van der Waals surface area (Å²) in [5.74, 6) is -0.0897. The van der Waals surface area contributed by atoms with Gasteiger partial charge in [0.1, 0.15) is 12.4 Å². The molecule has 0 aliphatic heterocycles. The van der Waals surface area contributed by atoms with Gasteiger partial charge >= 0.3 is 5.97 Å². The summed E-state index contributed by atoms with van der Waals surface area (Å²) in [7, 11) is 0. The van der Waals surface area contributed by atoms with Gasteiger partial charge in [-0.05, 0) is 49.2 Å². The van der Waals surface area contributed by atoms with E-state index in [1.165, 1.54) is 0 Å². The van der Waals surface area contributed by atoms with Gasteiger partial charge in [-0.25, -0.2) is 4.79 Å². The molecule has 0 fully saturated rings. The number of carbonyl (C=O) groups excluding carboxylic acids is 2. The molecule has 0 saturated carbocycles. The average molecular weight is 374 g/mol. The van der Waals surface area contributed by atoms with Crippen LogP contribution in [0, 0.1) is 13.8 Å². The van der Waals surface area contributed by atoms with Crippen LogP contribution in [0.15, 0.2) is 72.8 Å². The Labute approximate surface area is 164 Å². The van der Waals surface area contributed by atoms with E-state index < -0.39 is 5.97 Å². The molecule has 0 bridgehead atoms. The first-order valence-electron chi connectivity index (χ1n) is 9.07. The number of ketones is 1. The van der Waals surface area contributed by atoms with Gasteiger partial charge in [0.2, 0.25) is 5.78 Å². The minimum atomic E-state index is -0.535. The zero-order valence-electron chi connectivity index (χ0n) is 16.0. The van der Waals surface area contributed by atoms with E-state index in [1.807, 2.05) is 56.3 Å². The van der Waals surface area contributed by atoms with Crippen LogP contribution in [-0.4, -0.2) is 18.4 Å². The highest BCUT2D eigenvalue weighted by Gasteiger charge is 2.13. The maximum absolute atomic E-state index is 12.3. The molecule has 3 rings (SSSR count). The van der Waals surface area contributed by atoms with Gasteiger partial charge in [-0.3, -0.25) is 4.79 Å². The minimum absolute atomic E-state index is 0.214. The summed E-state index contributed by atoms with van der Waals surface area (Å²) >= 11 is 0. The lowest BCUT2D eigenvalue weighted by molar-refractivity contribution is 0.0474. The van der Waals surface area contributed by atoms with Crippen molar-refractivity contribution in [1.29, 1.82) is 0 Å². The summed E-state index contributed by atoms with van der Waals surface area (Å²) in [4.78, 5) is 24.5. The highest BCUT2D eigenvalue weighted by Crippen LogP contribution is 2.16. The number of ether oxygens (including phenoxy) is 2. The molecule has 0 amide bonds. The smallest absolute Gasteiger partial charge is 0.338 e. The lowest BCUT2D eigenvalue weighted by atomic mass is 10.0. The second-order valence-corrected chi connectivity index (χ2v) is 6.62. The number of Topliss-reactive ketones (excluding diaryl/α,β-unsaturated/α-hetero) is 1. The summed E-state index contributed by atoms with van der Waals surface area (Å²) in [5.41, 5.74) is 3.97. The largest absolute Gasteiger partial charge is 0.489 e. The van der Waals surface area contributed by atoms with Crippen LogP contribution >= 0.6 is 0 Å². The summed E-state index contributed by atoms with van der Waals surface area (Å²) < 4.78 is 10.9. The third kappa shape index (κ3) is 5.07. The number of carbonyl (C=O) groups is 2. The maximum Gasteiger partial charge on any atom is 0.338 e. The molecular formula is C24H22O4. The molecule has 0 N–H and O–H groups in total. The molecule has 4 heteroatoms. The van der Waals surface area contributed by atoms with Crippen LogP contribution in [0.5, 0.6) is 5.75 Å². The van der Waals surface area contributed by atoms with Gasteiger partial charge in [-0.2, -0.15) is 0 Å². The monoisotopic (exact) mass is 374 g/mol. The van der Waals surface area contributed by atoms with E-state index >= 15 is 0 Å². The molecule has 0 aliphatic carbocycles. The van der Waals surface area contributed by atoms with Crippen molar-refractivity contribution in [2.45, 2.75) is 20.5 Å². The molecule has 28 heavy (non-hydrogen) atoms. The number of benzene rings is 3. The second kappa shape index (κ2) is 9.00. The topological polar surface area (TPSA) is 52.6 Å². The van der Waals surface area contributed by atoms with Crippen molar-refractivity contribution in [2.24, 2.45) is 0 Å². The standard InChI is InChI=1S/C24H22O4/c1-17-8-13-22(18(2)14-17)23(25)16-28-24(26)20-9-11-21(12-10-20)27-15-19-6-4-3-5-7-19/h3-14H,15-16H2,1-2H3. The van der Waals surface area contributed by atoms with Crippen molar-refractivity contribution in [1.82, 2.24) is 0 Å². The van der Waals surface area contributed by atoms with E-state index in [1.54, 1.807) is 30.3 Å². The molecule has 3 aromatic rings. The Balaban J connectivity index is 1.53. The molecular weight excluding hydrogens is 352 g/mol. The van der Waals surface area contributed by atoms with Gasteiger partial charge in [0, 0.05) is 5.56 Å². The highest BCUT2D eigenvalue weighted by atomic mass is 16.5. The molecule has 3 aromatic carbocycles. The fourth-order valence-electron chi connectivity index (χ4n) is 2.85. The van der Waals surface area contributed by atoms with E-state index in [0.29, 0.717) is 23.5 Å². The predicted molar refractivity (Wildman–Crippen MR) is 108 cm³/mol. The van der Waals surface area contributed by atoms with Gasteiger partial charge in [0.15, 0.2) is 6.61 Å². The lowest BCUT2D eigenvalue weighted by Gasteiger charge is -2.09. The van der Waals surface area contributed by atoms with Crippen LogP contribution in [0.4, 0.5) is 0 Å². The van der Waals surface area contributed by atoms with Crippen LogP contribution in [-0.2, 0) is 11.3 Å². The Hall–Kier alpha value is -3.40. The normalized spacial score (nSPS) is 10.4. The third-order valence-corrected chi connectivity index (χ3v) is 4.36. The van der Waals surface area contributed by atoms with E-state index in [2.05, 4.69) is 0 Å². The van der Waals surface area contributed by atoms with E-state index in [9.17, 15) is 9.59 Å². The fourth-order valence-corrected chi connectivity index (χ4v) is 2.85. The first-order valence-corrected chi connectivity index (χ1v) is 9.07. The average Bonchev–Trinajstić information content (AvgIpc) is 2.71. The zero-order chi connectivity index (χ0) is 19.9. The van der Waals surface area contributed by atoms with Crippen molar-refractivity contribution in [3.63, 3.8) is 0 Å². The van der Waals surface area contributed by atoms with Crippen molar-refractivity contribution >= 4 is 11.8 Å². The molecule has 0 spiro atoms. The maximum atomic E-state index is 12.3. The second-order valence-electron chi connectivity index (χ2n) is 6.62. The minimum Gasteiger partial charge on any atom is -0.489 e. The number of hydrogen-bond donors (Lipinski definition) is 0. The first-order chi connectivity index (χ1) is 13.5. The summed E-state index contributed by atoms with van der Waals surface area (Å²) in [5, 5.41) is 0. The first kappa shape index (κ1) is 19.4. The van der Waals surface area contributed by atoms with Gasteiger partial charge in [-0.15, -0.1) is 0 Å². The molecule has 0 aliphatic rings. The van der Waals surface area contributed by atoms with Crippen LogP contribution in [0.25, 0.3) is 0 Å². The third-order valence-electron chi connectivity index (χ3n) is 4.36. The van der Waals surface area contributed by atoms with Crippen molar-refractivity contribution in [3.8, 4) is 5.75 Å². The zero-order valence-corrected chi connectivity index (χ0v) is 16.0. The molecule has 0 heterocycles. The van der Waals surface area contributed by atoms with Gasteiger partial charge in [0.25, 0.3) is 0 Å². The van der Waals surface area contributed by atoms with Crippen LogP contribution < -0.4 is 4.74 Å². The summed E-state index contributed by atoms with van der Waals surface area (Å²) in [6, 6.07) is 22.1. The van der Waals surface area contributed by atoms with E-state index in [4.69, 9.17) is 9.47 Å². The molecule has 142 valence electrons. The van der Waals surface area contributed by atoms with E-state index in [0.717, 1.165) is 16.7 Å². The Morgan fingerprint density at radius 2 is 1.57 bits per heavy atom. The predicted octanol–water partition coefficient (Wildman–Crippen LogP) is 4.92. The molecule has 0 radical (unpaired) electrons. The Morgan fingerprint density at radius 3 is 2.25 bits per heavy atom. The molecule has 0 aromatic heterocycles. The number of hydrogen-bond acceptors (Lipinski definition) is 4. The van der Waals surface area contributed by atoms with Gasteiger partial charge in [0.05, 0.1) is 5.56 Å². The van der Waals surface area contributed by atoms with Crippen molar-refractivity contribution in [2.75, 3.05) is 6.61 Å². The fraction of sp³-hybridized carbons (Fsp3) is 0.167. The molecule has 4 nitrogen and oxygen atoms in total. The highest BCUT2D eigenvalue weighted by molar-refractivity contribution is 6.00. The Kier molecular flexibility index (Phi) is 6.22. The summed E-state index contributed by atoms with van der Waals surface area (Å²) in [6.45, 7) is 4.01. The van der Waals surface area contributed by atoms with Crippen molar-refractivity contribution < 1.29 is 19.1 Å². The van der Waals surface area contributed by atoms with Crippen LogP contribution in [0.2, 0.25) is 0 Å². The molecule has 0 saturated heterocycles. The van der Waals surface area contributed by atoms with E-state index in [-0.39, 0.29) is 12.4 Å². The number of rotatable bonds is 7. The number of aryl methyl sites for hydroxylation is 2. The van der Waals surface area contributed by atoms with Crippen molar-refractivity contribution in [3.05, 3.63) is 101 Å². The lowest BCUT2D eigenvalue weighted by Crippen LogP contribution is -2.15. The van der Waals surface area contributed by atoms with Gasteiger partial charge < -0.3 is 9.47 Å². The summed E-state index contributed by atoms with van der Waals surface area (Å²) in [6.07, 6.45) is 0. The van der Waals surface area contributed by atoms with Crippen LogP contribution in [0.3, 0.4) is 0 Å². The van der Waals surface area contributed by atoms with Gasteiger partial charge in [-0.1, -0.05) is 54.1 Å². The number of esters is 1. The van der Waals surface area contributed by atoms with Crippen LogP contribution in [0.1, 0.15) is 37.4 Å². The Bertz CT molecular complexity index is 960. The molecule has 0 atom stereocenters. The Morgan fingerprint density at radius 1 is 0.857 bits per heavy atom. The molecule has 0 unspecified atom stereocenters.